The first-order valence-electron chi connectivity index (χ1n) is 11.2. The molecule has 0 bridgehead atoms. The lowest BCUT2D eigenvalue weighted by atomic mass is 9.68. The van der Waals surface area contributed by atoms with Crippen LogP contribution in [0.5, 0.6) is 5.75 Å². The van der Waals surface area contributed by atoms with Crippen molar-refractivity contribution in [2.45, 2.75) is 39.5 Å². The number of Topliss-reactive ketones (excluding diaryl/α,β-unsaturated/α-hetero) is 1. The van der Waals surface area contributed by atoms with E-state index in [1.165, 1.54) is 0 Å². The number of anilines is 1. The summed E-state index contributed by atoms with van der Waals surface area (Å²) >= 11 is 6.44. The zero-order valence-corrected chi connectivity index (χ0v) is 20.4. The largest absolute Gasteiger partial charge is 0.490 e. The predicted octanol–water partition coefficient (Wildman–Crippen LogP) is 6.15. The van der Waals surface area contributed by atoms with Crippen LogP contribution in [-0.4, -0.2) is 12.4 Å². The van der Waals surface area contributed by atoms with E-state index in [-0.39, 0.29) is 11.2 Å². The molecular formula is C28H28ClN3O2. The van der Waals surface area contributed by atoms with Crippen LogP contribution in [0.4, 0.5) is 5.69 Å². The van der Waals surface area contributed by atoms with Gasteiger partial charge in [-0.3, -0.25) is 9.69 Å². The average Bonchev–Trinajstić information content (AvgIpc) is 2.79. The van der Waals surface area contributed by atoms with Crippen molar-refractivity contribution in [3.63, 3.8) is 0 Å². The number of halogens is 1. The van der Waals surface area contributed by atoms with Gasteiger partial charge in [-0.25, -0.2) is 0 Å². The summed E-state index contributed by atoms with van der Waals surface area (Å²) < 4.78 is 5.61. The van der Waals surface area contributed by atoms with Crippen LogP contribution in [0.25, 0.3) is 0 Å². The topological polar surface area (TPSA) is 79.3 Å². The molecule has 1 heterocycles. The van der Waals surface area contributed by atoms with Gasteiger partial charge >= 0.3 is 0 Å². The fourth-order valence-electron chi connectivity index (χ4n) is 4.87. The molecule has 2 aliphatic rings. The minimum atomic E-state index is -0.534. The third kappa shape index (κ3) is 4.10. The molecule has 2 aromatic carbocycles. The van der Waals surface area contributed by atoms with Gasteiger partial charge in [-0.15, -0.1) is 0 Å². The summed E-state index contributed by atoms with van der Waals surface area (Å²) in [6, 6.07) is 15.4. The van der Waals surface area contributed by atoms with Gasteiger partial charge in [-0.2, -0.15) is 5.26 Å². The van der Waals surface area contributed by atoms with E-state index in [1.54, 1.807) is 6.08 Å². The van der Waals surface area contributed by atoms with Crippen molar-refractivity contribution in [2.75, 3.05) is 11.5 Å². The van der Waals surface area contributed by atoms with Crippen LogP contribution in [-0.2, 0) is 4.79 Å². The standard InChI is InChI=1S/C28H28ClN3O2/c1-5-13-34-19-11-9-18(10-12-19)25-20(16-30)27(31)32(22-8-6-7-21(29)17(22)2)23-14-28(3,4)15-24(33)26(23)25/h5-12,25H,1,13-15,31H2,2-4H3/t25-/m0/s1. The molecule has 0 radical (unpaired) electrons. The van der Waals surface area contributed by atoms with Crippen LogP contribution in [0.1, 0.15) is 43.7 Å². The zero-order valence-electron chi connectivity index (χ0n) is 19.7. The van der Waals surface area contributed by atoms with Gasteiger partial charge in [-0.1, -0.05) is 56.3 Å². The highest BCUT2D eigenvalue weighted by Gasteiger charge is 2.44. The maximum atomic E-state index is 13.6. The Morgan fingerprint density at radius 1 is 1.26 bits per heavy atom. The Morgan fingerprint density at radius 3 is 2.62 bits per heavy atom. The van der Waals surface area contributed by atoms with E-state index >= 15 is 0 Å². The van der Waals surface area contributed by atoms with Crippen LogP contribution in [0.15, 0.2) is 77.8 Å². The molecule has 0 saturated heterocycles. The first-order valence-corrected chi connectivity index (χ1v) is 11.6. The molecule has 174 valence electrons. The Balaban J connectivity index is 1.93. The van der Waals surface area contributed by atoms with Gasteiger partial charge in [0, 0.05) is 22.7 Å². The molecule has 0 saturated carbocycles. The molecule has 0 fully saturated rings. The number of benzene rings is 2. The fraction of sp³-hybridized carbons (Fsp3) is 0.286. The lowest BCUT2D eigenvalue weighted by molar-refractivity contribution is -0.118. The van der Waals surface area contributed by atoms with E-state index in [1.807, 2.05) is 54.3 Å². The lowest BCUT2D eigenvalue weighted by Gasteiger charge is -2.44. The number of nitriles is 1. The van der Waals surface area contributed by atoms with Crippen LogP contribution < -0.4 is 15.4 Å². The summed E-state index contributed by atoms with van der Waals surface area (Å²) in [5.41, 5.74) is 10.7. The lowest BCUT2D eigenvalue weighted by Crippen LogP contribution is -2.42. The maximum absolute atomic E-state index is 13.6. The molecule has 2 N–H and O–H groups in total. The Kier molecular flexibility index (Phi) is 6.29. The summed E-state index contributed by atoms with van der Waals surface area (Å²) in [5.74, 6) is 0.520. The van der Waals surface area contributed by atoms with Crippen molar-refractivity contribution in [1.29, 1.82) is 5.26 Å². The molecule has 1 aliphatic carbocycles. The van der Waals surface area contributed by atoms with Crippen molar-refractivity contribution in [2.24, 2.45) is 11.1 Å². The molecule has 1 atom stereocenters. The fourth-order valence-corrected chi connectivity index (χ4v) is 5.04. The van der Waals surface area contributed by atoms with Gasteiger partial charge in [0.15, 0.2) is 5.78 Å². The minimum absolute atomic E-state index is 0.0353. The van der Waals surface area contributed by atoms with Gasteiger partial charge < -0.3 is 10.5 Å². The van der Waals surface area contributed by atoms with Gasteiger partial charge in [-0.05, 0) is 54.2 Å². The third-order valence-electron chi connectivity index (χ3n) is 6.44. The Morgan fingerprint density at radius 2 is 1.97 bits per heavy atom. The average molecular weight is 474 g/mol. The summed E-state index contributed by atoms with van der Waals surface area (Å²) in [6.07, 6.45) is 2.73. The molecule has 0 amide bonds. The van der Waals surface area contributed by atoms with Crippen molar-refractivity contribution in [1.82, 2.24) is 0 Å². The number of allylic oxidation sites excluding steroid dienone is 3. The number of carbonyl (C=O) groups is 1. The number of nitrogens with two attached hydrogens (primary N) is 1. The van der Waals surface area contributed by atoms with Crippen LogP contribution in [0.2, 0.25) is 5.02 Å². The molecule has 0 unspecified atom stereocenters. The van der Waals surface area contributed by atoms with Gasteiger partial charge in [0.25, 0.3) is 0 Å². The maximum Gasteiger partial charge on any atom is 0.162 e. The number of carbonyl (C=O) groups excluding carboxylic acids is 1. The Labute approximate surface area is 205 Å². The normalized spacial score (nSPS) is 19.6. The van der Waals surface area contributed by atoms with E-state index in [0.29, 0.717) is 47.2 Å². The molecule has 0 aromatic heterocycles. The summed E-state index contributed by atoms with van der Waals surface area (Å²) in [5, 5.41) is 10.8. The first-order chi connectivity index (χ1) is 16.2. The van der Waals surface area contributed by atoms with Gasteiger partial charge in [0.2, 0.25) is 0 Å². The van der Waals surface area contributed by atoms with Crippen LogP contribution >= 0.6 is 11.6 Å². The van der Waals surface area contributed by atoms with Gasteiger partial charge in [0.1, 0.15) is 18.2 Å². The van der Waals surface area contributed by atoms with Crippen LogP contribution in [0.3, 0.4) is 0 Å². The molecule has 1 aliphatic heterocycles. The highest BCUT2D eigenvalue weighted by molar-refractivity contribution is 6.31. The molecule has 5 nitrogen and oxygen atoms in total. The summed E-state index contributed by atoms with van der Waals surface area (Å²) in [7, 11) is 0. The SMILES string of the molecule is C=CCOc1ccc([C@H]2C(C#N)=C(N)N(c3cccc(Cl)c3C)C3=C2C(=O)CC(C)(C)C3)cc1. The molecule has 2 aromatic rings. The van der Waals surface area contributed by atoms with Gasteiger partial charge in [0.05, 0.1) is 23.2 Å². The molecule has 6 heteroatoms. The van der Waals surface area contributed by atoms with E-state index in [4.69, 9.17) is 22.1 Å². The second kappa shape index (κ2) is 9.04. The Bertz CT molecular complexity index is 1270. The summed E-state index contributed by atoms with van der Waals surface area (Å²) in [6.45, 7) is 10.1. The Hall–Kier alpha value is -3.49. The highest BCUT2D eigenvalue weighted by atomic mass is 35.5. The van der Waals surface area contributed by atoms with E-state index in [9.17, 15) is 10.1 Å². The number of hydrogen-bond donors (Lipinski definition) is 1. The van der Waals surface area contributed by atoms with Crippen molar-refractivity contribution < 1.29 is 9.53 Å². The van der Waals surface area contributed by atoms with Crippen molar-refractivity contribution in [3.8, 4) is 11.8 Å². The van der Waals surface area contributed by atoms with E-state index in [0.717, 1.165) is 22.5 Å². The predicted molar refractivity (Wildman–Crippen MR) is 135 cm³/mol. The quantitative estimate of drug-likeness (QED) is 0.526. The zero-order chi connectivity index (χ0) is 24.6. The smallest absolute Gasteiger partial charge is 0.162 e. The minimum Gasteiger partial charge on any atom is -0.490 e. The number of nitrogens with zero attached hydrogens (tertiary/aromatic N) is 2. The first kappa shape index (κ1) is 23.7. The van der Waals surface area contributed by atoms with Crippen molar-refractivity contribution >= 4 is 23.1 Å². The van der Waals surface area contributed by atoms with Crippen molar-refractivity contribution in [3.05, 3.63) is 93.9 Å². The second-order valence-electron chi connectivity index (χ2n) is 9.53. The highest BCUT2D eigenvalue weighted by Crippen LogP contribution is 2.50. The van der Waals surface area contributed by atoms with Crippen LogP contribution in [0, 0.1) is 23.7 Å². The second-order valence-corrected chi connectivity index (χ2v) is 9.94. The monoisotopic (exact) mass is 473 g/mol. The van der Waals surface area contributed by atoms with E-state index < -0.39 is 5.92 Å². The third-order valence-corrected chi connectivity index (χ3v) is 6.85. The molecule has 34 heavy (non-hydrogen) atoms. The number of hydrogen-bond acceptors (Lipinski definition) is 5. The summed E-state index contributed by atoms with van der Waals surface area (Å²) in [4.78, 5) is 15.5. The molecular weight excluding hydrogens is 446 g/mol. The number of ether oxygens (including phenoxy) is 1. The molecule has 4 rings (SSSR count). The number of ketones is 1. The van der Waals surface area contributed by atoms with E-state index in [2.05, 4.69) is 26.5 Å². The molecule has 0 spiro atoms. The number of rotatable bonds is 5.